The molecule has 1 atom stereocenters. The SMILES string of the molecule is CN(CC1CCC1)C(=O)C1CSCN1.Cl. The van der Waals surface area contributed by atoms with Crippen molar-refractivity contribution >= 4 is 30.1 Å². The maximum Gasteiger partial charge on any atom is 0.240 e. The molecule has 0 aromatic carbocycles. The second-order valence-electron chi connectivity index (χ2n) is 4.29. The van der Waals surface area contributed by atoms with Gasteiger partial charge in [-0.25, -0.2) is 0 Å². The number of hydrogen-bond acceptors (Lipinski definition) is 3. The van der Waals surface area contributed by atoms with Crippen LogP contribution >= 0.6 is 24.2 Å². The van der Waals surface area contributed by atoms with Crippen molar-refractivity contribution < 1.29 is 4.79 Å². The maximum absolute atomic E-state index is 11.9. The van der Waals surface area contributed by atoms with E-state index in [1.165, 1.54) is 19.3 Å². The minimum Gasteiger partial charge on any atom is -0.344 e. The molecule has 0 bridgehead atoms. The monoisotopic (exact) mass is 250 g/mol. The van der Waals surface area contributed by atoms with E-state index in [4.69, 9.17) is 0 Å². The largest absolute Gasteiger partial charge is 0.344 e. The number of rotatable bonds is 3. The van der Waals surface area contributed by atoms with Crippen molar-refractivity contribution in [3.63, 3.8) is 0 Å². The molecule has 1 aliphatic carbocycles. The Morgan fingerprint density at radius 3 is 2.73 bits per heavy atom. The Labute approximate surface area is 102 Å². The third-order valence-electron chi connectivity index (χ3n) is 3.15. The summed E-state index contributed by atoms with van der Waals surface area (Å²) in [5.74, 6) is 2.92. The van der Waals surface area contributed by atoms with Crippen LogP contribution in [0.3, 0.4) is 0 Å². The number of carbonyl (C=O) groups is 1. The zero-order valence-electron chi connectivity index (χ0n) is 9.07. The molecule has 1 saturated carbocycles. The number of halogens is 1. The number of nitrogens with zero attached hydrogens (tertiary/aromatic N) is 1. The topological polar surface area (TPSA) is 32.3 Å². The first-order valence-electron chi connectivity index (χ1n) is 5.33. The number of carbonyl (C=O) groups excluding carboxylic acids is 1. The molecule has 5 heteroatoms. The van der Waals surface area contributed by atoms with Gasteiger partial charge in [0.25, 0.3) is 0 Å². The molecule has 1 amide bonds. The van der Waals surface area contributed by atoms with Gasteiger partial charge in [-0.15, -0.1) is 24.2 Å². The number of nitrogens with one attached hydrogen (secondary N) is 1. The molecule has 2 fully saturated rings. The van der Waals surface area contributed by atoms with E-state index in [0.717, 1.165) is 24.1 Å². The van der Waals surface area contributed by atoms with Crippen LogP contribution in [0.15, 0.2) is 0 Å². The van der Waals surface area contributed by atoms with E-state index < -0.39 is 0 Å². The molecule has 3 nitrogen and oxygen atoms in total. The van der Waals surface area contributed by atoms with Crippen molar-refractivity contribution in [2.45, 2.75) is 25.3 Å². The van der Waals surface area contributed by atoms with Crippen LogP contribution in [0.1, 0.15) is 19.3 Å². The normalized spacial score (nSPS) is 25.5. The fraction of sp³-hybridized carbons (Fsp3) is 0.900. The van der Waals surface area contributed by atoms with Gasteiger partial charge in [0.1, 0.15) is 0 Å². The molecular weight excluding hydrogens is 232 g/mol. The third kappa shape index (κ3) is 3.26. The molecule has 1 unspecified atom stereocenters. The fourth-order valence-electron chi connectivity index (χ4n) is 1.97. The summed E-state index contributed by atoms with van der Waals surface area (Å²) in [6.07, 6.45) is 3.97. The Bertz CT molecular complexity index is 217. The lowest BCUT2D eigenvalue weighted by Gasteiger charge is -2.31. The summed E-state index contributed by atoms with van der Waals surface area (Å²) < 4.78 is 0. The molecule has 2 aliphatic rings. The van der Waals surface area contributed by atoms with Gasteiger partial charge in [-0.1, -0.05) is 6.42 Å². The van der Waals surface area contributed by atoms with Crippen molar-refractivity contribution in [1.82, 2.24) is 10.2 Å². The highest BCUT2D eigenvalue weighted by Crippen LogP contribution is 2.27. The van der Waals surface area contributed by atoms with Crippen molar-refractivity contribution in [3.05, 3.63) is 0 Å². The van der Waals surface area contributed by atoms with Gasteiger partial charge in [0.05, 0.1) is 6.04 Å². The molecule has 0 aromatic heterocycles. The summed E-state index contributed by atoms with van der Waals surface area (Å²) in [5.41, 5.74) is 0. The minimum absolute atomic E-state index is 0. The number of likely N-dealkylation sites (N-methyl/N-ethyl adjacent to an activating group) is 1. The van der Waals surface area contributed by atoms with Crippen molar-refractivity contribution in [1.29, 1.82) is 0 Å². The lowest BCUT2D eigenvalue weighted by Crippen LogP contribution is -2.45. The summed E-state index contributed by atoms with van der Waals surface area (Å²) in [4.78, 5) is 13.8. The van der Waals surface area contributed by atoms with Crippen LogP contribution in [-0.2, 0) is 4.79 Å². The summed E-state index contributed by atoms with van der Waals surface area (Å²) in [7, 11) is 1.94. The van der Waals surface area contributed by atoms with Crippen LogP contribution in [0.4, 0.5) is 0 Å². The molecule has 15 heavy (non-hydrogen) atoms. The van der Waals surface area contributed by atoms with E-state index in [2.05, 4.69) is 5.32 Å². The summed E-state index contributed by atoms with van der Waals surface area (Å²) in [6, 6.07) is 0.0741. The van der Waals surface area contributed by atoms with Crippen molar-refractivity contribution in [2.75, 3.05) is 25.2 Å². The molecule has 1 aliphatic heterocycles. The zero-order valence-corrected chi connectivity index (χ0v) is 10.7. The highest BCUT2D eigenvalue weighted by atomic mass is 35.5. The predicted molar refractivity (Wildman–Crippen MR) is 66.5 cm³/mol. The highest BCUT2D eigenvalue weighted by Gasteiger charge is 2.28. The van der Waals surface area contributed by atoms with Crippen LogP contribution in [0, 0.1) is 5.92 Å². The van der Waals surface area contributed by atoms with Crippen LogP contribution < -0.4 is 5.32 Å². The lowest BCUT2D eigenvalue weighted by molar-refractivity contribution is -0.132. The zero-order chi connectivity index (χ0) is 9.97. The Hall–Kier alpha value is 0.0700. The van der Waals surface area contributed by atoms with E-state index in [-0.39, 0.29) is 24.4 Å². The molecule has 0 radical (unpaired) electrons. The molecule has 88 valence electrons. The lowest BCUT2D eigenvalue weighted by atomic mass is 9.85. The average Bonchev–Trinajstić information content (AvgIpc) is 2.62. The van der Waals surface area contributed by atoms with Gasteiger partial charge in [-0.3, -0.25) is 10.1 Å². The first-order valence-corrected chi connectivity index (χ1v) is 6.49. The molecule has 0 spiro atoms. The number of amides is 1. The van der Waals surface area contributed by atoms with Gasteiger partial charge in [0, 0.05) is 25.2 Å². The third-order valence-corrected chi connectivity index (χ3v) is 4.09. The van der Waals surface area contributed by atoms with Crippen LogP contribution in [0.25, 0.3) is 0 Å². The first kappa shape index (κ1) is 13.1. The second kappa shape index (κ2) is 5.97. The van der Waals surface area contributed by atoms with Crippen molar-refractivity contribution in [3.8, 4) is 0 Å². The van der Waals surface area contributed by atoms with Crippen LogP contribution in [-0.4, -0.2) is 42.1 Å². The van der Waals surface area contributed by atoms with Gasteiger partial charge in [-0.2, -0.15) is 0 Å². The van der Waals surface area contributed by atoms with E-state index in [0.29, 0.717) is 0 Å². The Balaban J connectivity index is 0.00000112. The van der Waals surface area contributed by atoms with E-state index in [9.17, 15) is 4.79 Å². The number of hydrogen-bond donors (Lipinski definition) is 1. The standard InChI is InChI=1S/C10H18N2OS.ClH/c1-12(5-8-3-2-4-8)10(13)9-6-14-7-11-9;/h8-9,11H,2-7H2,1H3;1H. The van der Waals surface area contributed by atoms with Crippen LogP contribution in [0.2, 0.25) is 0 Å². The molecular formula is C10H19ClN2OS. The second-order valence-corrected chi connectivity index (χ2v) is 5.32. The maximum atomic E-state index is 11.9. The Kier molecular flexibility index (Phi) is 5.23. The van der Waals surface area contributed by atoms with E-state index >= 15 is 0 Å². The minimum atomic E-state index is 0. The van der Waals surface area contributed by atoms with Gasteiger partial charge in [-0.05, 0) is 18.8 Å². The molecule has 0 aromatic rings. The predicted octanol–water partition coefficient (Wildman–Crippen LogP) is 1.33. The van der Waals surface area contributed by atoms with E-state index in [1.54, 1.807) is 0 Å². The Morgan fingerprint density at radius 2 is 2.27 bits per heavy atom. The van der Waals surface area contributed by atoms with Crippen molar-refractivity contribution in [2.24, 2.45) is 5.92 Å². The molecule has 2 rings (SSSR count). The van der Waals surface area contributed by atoms with E-state index in [1.807, 2.05) is 23.7 Å². The average molecular weight is 251 g/mol. The molecule has 1 saturated heterocycles. The van der Waals surface area contributed by atoms with Gasteiger partial charge in [0.2, 0.25) is 5.91 Å². The van der Waals surface area contributed by atoms with Crippen LogP contribution in [0.5, 0.6) is 0 Å². The van der Waals surface area contributed by atoms with Gasteiger partial charge >= 0.3 is 0 Å². The number of thioether (sulfide) groups is 1. The molecule has 1 heterocycles. The summed E-state index contributed by atoms with van der Waals surface area (Å²) in [5, 5.41) is 3.22. The fourth-order valence-corrected chi connectivity index (χ4v) is 2.91. The van der Waals surface area contributed by atoms with Gasteiger partial charge in [0.15, 0.2) is 0 Å². The summed E-state index contributed by atoms with van der Waals surface area (Å²) >= 11 is 1.81. The highest BCUT2D eigenvalue weighted by molar-refractivity contribution is 7.99. The first-order chi connectivity index (χ1) is 6.77. The Morgan fingerprint density at radius 1 is 1.53 bits per heavy atom. The smallest absolute Gasteiger partial charge is 0.240 e. The quantitative estimate of drug-likeness (QED) is 0.820. The van der Waals surface area contributed by atoms with Gasteiger partial charge < -0.3 is 4.90 Å². The summed E-state index contributed by atoms with van der Waals surface area (Å²) in [6.45, 7) is 0.960. The molecule has 1 N–H and O–H groups in total.